The van der Waals surface area contributed by atoms with Gasteiger partial charge in [0.05, 0.1) is 0 Å². The third kappa shape index (κ3) is 2.38. The van der Waals surface area contributed by atoms with E-state index in [-0.39, 0.29) is 0 Å². The van der Waals surface area contributed by atoms with Gasteiger partial charge in [-0.25, -0.2) is 0 Å². The van der Waals surface area contributed by atoms with Gasteiger partial charge in [0.25, 0.3) is 0 Å². The summed E-state index contributed by atoms with van der Waals surface area (Å²) in [5, 5.41) is 0.423. The van der Waals surface area contributed by atoms with Gasteiger partial charge >= 0.3 is 0 Å². The van der Waals surface area contributed by atoms with Gasteiger partial charge in [-0.15, -0.1) is 11.6 Å². The molecule has 1 aliphatic heterocycles. The minimum absolute atomic E-state index is 0.423. The second-order valence-electron chi connectivity index (χ2n) is 4.27. The summed E-state index contributed by atoms with van der Waals surface area (Å²) in [5.74, 6) is 0. The fourth-order valence-electron chi connectivity index (χ4n) is 2.58. The summed E-state index contributed by atoms with van der Waals surface area (Å²) in [7, 11) is 0. The highest BCUT2D eigenvalue weighted by atomic mass is 35.5. The Balaban J connectivity index is 1.88. The standard InChI is InChI=1S/C11H19ClN/c12-10-6-2-3-7-11(10)13-8-4-1-5-9-13/h1,10-11H,2-9H2. The molecule has 0 N–H and O–H groups in total. The lowest BCUT2D eigenvalue weighted by Crippen LogP contribution is -2.45. The second-order valence-corrected chi connectivity index (χ2v) is 4.83. The van der Waals surface area contributed by atoms with Crippen LogP contribution in [0.2, 0.25) is 0 Å². The maximum Gasteiger partial charge on any atom is 0.0491 e. The van der Waals surface area contributed by atoms with Crippen molar-refractivity contribution in [2.45, 2.75) is 49.9 Å². The van der Waals surface area contributed by atoms with Crippen molar-refractivity contribution in [3.05, 3.63) is 6.42 Å². The summed E-state index contributed by atoms with van der Waals surface area (Å²) in [6.45, 7) is 2.49. The van der Waals surface area contributed by atoms with Crippen molar-refractivity contribution in [3.8, 4) is 0 Å². The lowest BCUT2D eigenvalue weighted by Gasteiger charge is -2.39. The molecule has 2 fully saturated rings. The molecule has 1 radical (unpaired) electrons. The van der Waals surface area contributed by atoms with Crippen LogP contribution in [-0.2, 0) is 0 Å². The van der Waals surface area contributed by atoms with Crippen LogP contribution in [0.4, 0.5) is 0 Å². The fraction of sp³-hybridized carbons (Fsp3) is 0.909. The van der Waals surface area contributed by atoms with Gasteiger partial charge in [-0.3, -0.25) is 4.90 Å². The molecule has 13 heavy (non-hydrogen) atoms. The van der Waals surface area contributed by atoms with Crippen LogP contribution in [0, 0.1) is 6.42 Å². The molecule has 0 aromatic carbocycles. The highest BCUT2D eigenvalue weighted by Gasteiger charge is 2.29. The Kier molecular flexibility index (Phi) is 3.51. The van der Waals surface area contributed by atoms with E-state index >= 15 is 0 Å². The van der Waals surface area contributed by atoms with Crippen LogP contribution in [0.5, 0.6) is 0 Å². The van der Waals surface area contributed by atoms with Crippen molar-refractivity contribution in [2.75, 3.05) is 13.1 Å². The largest absolute Gasteiger partial charge is 0.299 e. The van der Waals surface area contributed by atoms with Gasteiger partial charge < -0.3 is 0 Å². The van der Waals surface area contributed by atoms with Gasteiger partial charge in [0.15, 0.2) is 0 Å². The number of hydrogen-bond acceptors (Lipinski definition) is 1. The molecule has 0 spiro atoms. The fourth-order valence-corrected chi connectivity index (χ4v) is 3.02. The summed E-state index contributed by atoms with van der Waals surface area (Å²) in [4.78, 5) is 2.61. The normalized spacial score (nSPS) is 37.6. The summed E-state index contributed by atoms with van der Waals surface area (Å²) in [5.41, 5.74) is 0. The number of rotatable bonds is 1. The van der Waals surface area contributed by atoms with Crippen LogP contribution in [0.1, 0.15) is 38.5 Å². The van der Waals surface area contributed by atoms with E-state index in [1.807, 2.05) is 0 Å². The van der Waals surface area contributed by atoms with Gasteiger partial charge in [0.2, 0.25) is 0 Å². The van der Waals surface area contributed by atoms with Crippen molar-refractivity contribution in [1.82, 2.24) is 4.90 Å². The molecule has 1 nitrogen and oxygen atoms in total. The summed E-state index contributed by atoms with van der Waals surface area (Å²) in [6, 6.07) is 0.684. The SMILES string of the molecule is ClC1CCCCC1N1CC[CH]CC1. The third-order valence-electron chi connectivity index (χ3n) is 3.36. The summed E-state index contributed by atoms with van der Waals surface area (Å²) in [6.07, 6.45) is 10.2. The highest BCUT2D eigenvalue weighted by Crippen LogP contribution is 2.28. The zero-order valence-corrected chi connectivity index (χ0v) is 8.97. The molecular formula is C11H19ClN. The first-order valence-corrected chi connectivity index (χ1v) is 6.01. The Morgan fingerprint density at radius 1 is 1.08 bits per heavy atom. The molecule has 1 saturated heterocycles. The Morgan fingerprint density at radius 3 is 2.46 bits per heavy atom. The monoisotopic (exact) mass is 200 g/mol. The molecule has 2 heteroatoms. The predicted molar refractivity (Wildman–Crippen MR) is 57.0 cm³/mol. The Morgan fingerprint density at radius 2 is 1.77 bits per heavy atom. The van der Waals surface area contributed by atoms with E-state index in [4.69, 9.17) is 11.6 Å². The van der Waals surface area contributed by atoms with Gasteiger partial charge in [0.1, 0.15) is 0 Å². The maximum atomic E-state index is 6.36. The molecule has 0 bridgehead atoms. The topological polar surface area (TPSA) is 3.24 Å². The number of piperidine rings is 1. The molecule has 2 rings (SSSR count). The van der Waals surface area contributed by atoms with Gasteiger partial charge in [-0.2, -0.15) is 0 Å². The Labute approximate surface area is 86.4 Å². The Bertz CT molecular complexity index is 154. The molecule has 75 valence electrons. The highest BCUT2D eigenvalue weighted by molar-refractivity contribution is 6.21. The molecule has 0 aromatic heterocycles. The molecule has 1 aliphatic carbocycles. The van der Waals surface area contributed by atoms with Crippen LogP contribution in [0.15, 0.2) is 0 Å². The van der Waals surface area contributed by atoms with Crippen molar-refractivity contribution in [3.63, 3.8) is 0 Å². The smallest absolute Gasteiger partial charge is 0.0491 e. The first-order chi connectivity index (χ1) is 6.38. The molecule has 1 heterocycles. The number of alkyl halides is 1. The Hall–Kier alpha value is 0.250. The third-order valence-corrected chi connectivity index (χ3v) is 3.87. The lowest BCUT2D eigenvalue weighted by atomic mass is 9.92. The molecule has 2 atom stereocenters. The molecule has 0 amide bonds. The van der Waals surface area contributed by atoms with E-state index in [2.05, 4.69) is 11.3 Å². The average molecular weight is 201 g/mol. The molecule has 0 aromatic rings. The molecular weight excluding hydrogens is 182 g/mol. The van der Waals surface area contributed by atoms with Crippen LogP contribution < -0.4 is 0 Å². The van der Waals surface area contributed by atoms with Crippen molar-refractivity contribution < 1.29 is 0 Å². The zero-order chi connectivity index (χ0) is 9.10. The van der Waals surface area contributed by atoms with Gasteiger partial charge in [0, 0.05) is 11.4 Å². The maximum absolute atomic E-state index is 6.36. The first kappa shape index (κ1) is 9.79. The van der Waals surface area contributed by atoms with E-state index in [0.29, 0.717) is 11.4 Å². The van der Waals surface area contributed by atoms with E-state index in [0.717, 1.165) is 0 Å². The first-order valence-electron chi connectivity index (χ1n) is 5.58. The van der Waals surface area contributed by atoms with E-state index in [1.165, 1.54) is 51.6 Å². The number of halogens is 1. The van der Waals surface area contributed by atoms with Crippen molar-refractivity contribution in [2.24, 2.45) is 0 Å². The van der Waals surface area contributed by atoms with Gasteiger partial charge in [-0.1, -0.05) is 12.8 Å². The summed E-state index contributed by atoms with van der Waals surface area (Å²) < 4.78 is 0. The minimum Gasteiger partial charge on any atom is -0.299 e. The number of nitrogens with zero attached hydrogens (tertiary/aromatic N) is 1. The number of hydrogen-bond donors (Lipinski definition) is 0. The summed E-state index contributed by atoms with van der Waals surface area (Å²) >= 11 is 6.36. The van der Waals surface area contributed by atoms with E-state index in [9.17, 15) is 0 Å². The van der Waals surface area contributed by atoms with E-state index < -0.39 is 0 Å². The van der Waals surface area contributed by atoms with Crippen LogP contribution >= 0.6 is 11.6 Å². The van der Waals surface area contributed by atoms with Gasteiger partial charge in [-0.05, 0) is 45.2 Å². The molecule has 2 unspecified atom stereocenters. The van der Waals surface area contributed by atoms with E-state index in [1.54, 1.807) is 0 Å². The lowest BCUT2D eigenvalue weighted by molar-refractivity contribution is 0.148. The predicted octanol–water partition coefficient (Wildman–Crippen LogP) is 2.84. The molecule has 1 saturated carbocycles. The van der Waals surface area contributed by atoms with Crippen LogP contribution in [0.3, 0.4) is 0 Å². The van der Waals surface area contributed by atoms with Crippen molar-refractivity contribution in [1.29, 1.82) is 0 Å². The minimum atomic E-state index is 0.423. The average Bonchev–Trinajstić information content (AvgIpc) is 2.20. The van der Waals surface area contributed by atoms with Crippen LogP contribution in [0.25, 0.3) is 0 Å². The molecule has 2 aliphatic rings. The number of likely N-dealkylation sites (tertiary alicyclic amines) is 1. The van der Waals surface area contributed by atoms with Crippen LogP contribution in [-0.4, -0.2) is 29.4 Å². The second kappa shape index (κ2) is 4.65. The zero-order valence-electron chi connectivity index (χ0n) is 8.21. The van der Waals surface area contributed by atoms with Crippen molar-refractivity contribution >= 4 is 11.6 Å². The quantitative estimate of drug-likeness (QED) is 0.589.